The van der Waals surface area contributed by atoms with Crippen molar-refractivity contribution >= 4 is 17.7 Å². The molecule has 0 spiro atoms. The van der Waals surface area contributed by atoms with E-state index in [4.69, 9.17) is 23.7 Å². The predicted molar refractivity (Wildman–Crippen MR) is 137 cm³/mol. The van der Waals surface area contributed by atoms with E-state index in [0.717, 1.165) is 19.3 Å². The van der Waals surface area contributed by atoms with Crippen LogP contribution >= 0.6 is 0 Å². The van der Waals surface area contributed by atoms with Crippen LogP contribution in [0.3, 0.4) is 0 Å². The standard InChI is InChI=1S/C28H37NO8/c1-6-7-9-14-24(20(3)36-22-12-10-8-11-13-22)37-28(32)19(2)17-23(31)26-27(35-18-34-21(4)30)25(33-5)15-16-29-26/h8,10-13,15-16,19-20,24H,6-7,9,14,17-18H2,1-5H3/t19-,20-,24+/m1/s1. The number of para-hydroxylation sites is 1. The average molecular weight is 516 g/mol. The molecule has 2 rings (SSSR count). The fourth-order valence-corrected chi connectivity index (χ4v) is 3.60. The molecule has 9 heteroatoms. The fourth-order valence-electron chi connectivity index (χ4n) is 3.60. The summed E-state index contributed by atoms with van der Waals surface area (Å²) in [6.07, 6.45) is 4.01. The number of esters is 2. The molecule has 0 aliphatic rings. The lowest BCUT2D eigenvalue weighted by Gasteiger charge is -2.26. The molecule has 9 nitrogen and oxygen atoms in total. The van der Waals surface area contributed by atoms with Crippen molar-refractivity contribution < 1.29 is 38.1 Å². The molecule has 37 heavy (non-hydrogen) atoms. The van der Waals surface area contributed by atoms with Crippen LogP contribution in [0.5, 0.6) is 17.2 Å². The summed E-state index contributed by atoms with van der Waals surface area (Å²) in [5.41, 5.74) is -0.0218. The Balaban J connectivity index is 2.08. The highest BCUT2D eigenvalue weighted by atomic mass is 16.7. The van der Waals surface area contributed by atoms with E-state index in [9.17, 15) is 14.4 Å². The zero-order valence-electron chi connectivity index (χ0n) is 22.2. The van der Waals surface area contributed by atoms with E-state index in [1.54, 1.807) is 6.92 Å². The van der Waals surface area contributed by atoms with Crippen LogP contribution in [-0.2, 0) is 19.1 Å². The fraction of sp³-hybridized carbons (Fsp3) is 0.500. The van der Waals surface area contributed by atoms with Crippen molar-refractivity contribution in [3.8, 4) is 17.2 Å². The van der Waals surface area contributed by atoms with E-state index >= 15 is 0 Å². The molecule has 0 fully saturated rings. The van der Waals surface area contributed by atoms with Crippen LogP contribution in [0, 0.1) is 5.92 Å². The first kappa shape index (κ1) is 29.6. The van der Waals surface area contributed by atoms with Crippen molar-refractivity contribution in [3.05, 3.63) is 48.3 Å². The molecule has 1 heterocycles. The summed E-state index contributed by atoms with van der Waals surface area (Å²) in [5, 5.41) is 0. The van der Waals surface area contributed by atoms with Gasteiger partial charge in [0.25, 0.3) is 0 Å². The van der Waals surface area contributed by atoms with Gasteiger partial charge in [0.05, 0.1) is 13.0 Å². The van der Waals surface area contributed by atoms with Crippen LogP contribution in [0.1, 0.15) is 70.3 Å². The number of nitrogens with zero attached hydrogens (tertiary/aromatic N) is 1. The van der Waals surface area contributed by atoms with Gasteiger partial charge in [-0.2, -0.15) is 0 Å². The van der Waals surface area contributed by atoms with E-state index in [2.05, 4.69) is 11.9 Å². The van der Waals surface area contributed by atoms with E-state index < -0.39 is 36.5 Å². The zero-order valence-corrected chi connectivity index (χ0v) is 22.2. The number of aromatic nitrogens is 1. The Morgan fingerprint density at radius 1 is 1.03 bits per heavy atom. The number of carbonyl (C=O) groups excluding carboxylic acids is 3. The summed E-state index contributed by atoms with van der Waals surface area (Å²) in [5.74, 6) is -1.21. The van der Waals surface area contributed by atoms with Gasteiger partial charge in [-0.05, 0) is 31.9 Å². The van der Waals surface area contributed by atoms with Crippen LogP contribution < -0.4 is 14.2 Å². The van der Waals surface area contributed by atoms with Gasteiger partial charge >= 0.3 is 11.9 Å². The molecule has 2 aromatic rings. The second-order valence-corrected chi connectivity index (χ2v) is 8.72. The van der Waals surface area contributed by atoms with Crippen molar-refractivity contribution in [1.82, 2.24) is 4.98 Å². The first-order chi connectivity index (χ1) is 17.8. The summed E-state index contributed by atoms with van der Waals surface area (Å²) in [6, 6.07) is 10.9. The van der Waals surface area contributed by atoms with Gasteiger partial charge in [0.1, 0.15) is 18.0 Å². The molecular formula is C28H37NO8. The summed E-state index contributed by atoms with van der Waals surface area (Å²) in [6.45, 7) is 6.44. The van der Waals surface area contributed by atoms with Gasteiger partial charge in [0.2, 0.25) is 6.79 Å². The molecule has 1 aromatic carbocycles. The lowest BCUT2D eigenvalue weighted by atomic mass is 10.0. The lowest BCUT2D eigenvalue weighted by Crippen LogP contribution is -2.35. The number of carbonyl (C=O) groups is 3. The topological polar surface area (TPSA) is 110 Å². The number of benzene rings is 1. The number of unbranched alkanes of at least 4 members (excludes halogenated alkanes) is 2. The molecule has 1 aromatic heterocycles. The molecule has 0 bridgehead atoms. The highest BCUT2D eigenvalue weighted by molar-refractivity contribution is 5.99. The molecule has 0 saturated heterocycles. The maximum atomic E-state index is 13.1. The molecule has 202 valence electrons. The Labute approximate surface area is 218 Å². The predicted octanol–water partition coefficient (Wildman–Crippen LogP) is 5.16. The second-order valence-electron chi connectivity index (χ2n) is 8.72. The summed E-state index contributed by atoms with van der Waals surface area (Å²) in [7, 11) is 1.42. The van der Waals surface area contributed by atoms with Crippen LogP contribution in [0.15, 0.2) is 42.6 Å². The van der Waals surface area contributed by atoms with Gasteiger partial charge < -0.3 is 23.7 Å². The minimum absolute atomic E-state index is 0.0218. The normalized spacial score (nSPS) is 13.1. The van der Waals surface area contributed by atoms with Crippen molar-refractivity contribution in [1.29, 1.82) is 0 Å². The molecule has 0 N–H and O–H groups in total. The van der Waals surface area contributed by atoms with Gasteiger partial charge in [-0.1, -0.05) is 44.9 Å². The third-order valence-corrected chi connectivity index (χ3v) is 5.66. The van der Waals surface area contributed by atoms with Crippen molar-refractivity contribution in [3.63, 3.8) is 0 Å². The molecule has 3 atom stereocenters. The number of methoxy groups -OCH3 is 1. The molecule has 0 radical (unpaired) electrons. The monoisotopic (exact) mass is 515 g/mol. The van der Waals surface area contributed by atoms with Gasteiger partial charge in [-0.15, -0.1) is 0 Å². The SMILES string of the molecule is CCCCC[C@H](OC(=O)[C@H](C)CC(=O)c1nccc(OC)c1OCOC(C)=O)[C@@H](C)Oc1ccccc1. The molecule has 0 saturated carbocycles. The number of ether oxygens (including phenoxy) is 5. The Bertz CT molecular complexity index is 1010. The molecular weight excluding hydrogens is 478 g/mol. The Morgan fingerprint density at radius 3 is 2.41 bits per heavy atom. The number of hydrogen-bond acceptors (Lipinski definition) is 9. The zero-order chi connectivity index (χ0) is 27.2. The number of ketones is 1. The first-order valence-corrected chi connectivity index (χ1v) is 12.5. The van der Waals surface area contributed by atoms with Crippen molar-refractivity contribution in [2.75, 3.05) is 13.9 Å². The third-order valence-electron chi connectivity index (χ3n) is 5.66. The van der Waals surface area contributed by atoms with Crippen LogP contribution in [0.25, 0.3) is 0 Å². The molecule has 0 amide bonds. The van der Waals surface area contributed by atoms with Crippen LogP contribution in [0.2, 0.25) is 0 Å². The number of rotatable bonds is 16. The Morgan fingerprint density at radius 2 is 1.76 bits per heavy atom. The summed E-state index contributed by atoms with van der Waals surface area (Å²) >= 11 is 0. The van der Waals surface area contributed by atoms with E-state index in [0.29, 0.717) is 12.2 Å². The number of hydrogen-bond donors (Lipinski definition) is 0. The van der Waals surface area contributed by atoms with Crippen molar-refractivity contribution in [2.24, 2.45) is 5.92 Å². The molecule has 0 aliphatic heterocycles. The first-order valence-electron chi connectivity index (χ1n) is 12.5. The average Bonchev–Trinajstić information content (AvgIpc) is 2.88. The minimum atomic E-state index is -0.737. The van der Waals surface area contributed by atoms with Crippen molar-refractivity contribution in [2.45, 2.75) is 72.0 Å². The Hall–Kier alpha value is -3.62. The number of Topliss-reactive ketones (excluding diaryl/α,β-unsaturated/α-hetero) is 1. The largest absolute Gasteiger partial charge is 0.493 e. The Kier molecular flexibility index (Phi) is 12.4. The summed E-state index contributed by atoms with van der Waals surface area (Å²) < 4.78 is 27.4. The minimum Gasteiger partial charge on any atom is -0.493 e. The van der Waals surface area contributed by atoms with Gasteiger partial charge in [-0.25, -0.2) is 4.98 Å². The van der Waals surface area contributed by atoms with Gasteiger partial charge in [0, 0.05) is 25.6 Å². The quantitative estimate of drug-likeness (QED) is 0.130. The van der Waals surface area contributed by atoms with Gasteiger partial charge in [0.15, 0.2) is 23.0 Å². The third kappa shape index (κ3) is 9.74. The van der Waals surface area contributed by atoms with Crippen LogP contribution in [-0.4, -0.2) is 48.8 Å². The maximum absolute atomic E-state index is 13.1. The summed E-state index contributed by atoms with van der Waals surface area (Å²) in [4.78, 5) is 41.3. The van der Waals surface area contributed by atoms with E-state index in [1.807, 2.05) is 37.3 Å². The second kappa shape index (κ2) is 15.5. The molecule has 0 unspecified atom stereocenters. The van der Waals surface area contributed by atoms with Gasteiger partial charge in [-0.3, -0.25) is 14.4 Å². The highest BCUT2D eigenvalue weighted by Crippen LogP contribution is 2.31. The lowest BCUT2D eigenvalue weighted by molar-refractivity contribution is -0.158. The van der Waals surface area contributed by atoms with E-state index in [-0.39, 0.29) is 29.7 Å². The molecule has 0 aliphatic carbocycles. The number of pyridine rings is 1. The maximum Gasteiger partial charge on any atom is 0.309 e. The highest BCUT2D eigenvalue weighted by Gasteiger charge is 2.29. The van der Waals surface area contributed by atoms with Crippen LogP contribution in [0.4, 0.5) is 0 Å². The van der Waals surface area contributed by atoms with E-state index in [1.165, 1.54) is 26.3 Å². The smallest absolute Gasteiger partial charge is 0.309 e.